The van der Waals surface area contributed by atoms with E-state index in [2.05, 4.69) is 5.32 Å². The number of ether oxygens (including phenoxy) is 1. The van der Waals surface area contributed by atoms with E-state index in [0.29, 0.717) is 18.8 Å². The van der Waals surface area contributed by atoms with Crippen LogP contribution in [0.3, 0.4) is 0 Å². The summed E-state index contributed by atoms with van der Waals surface area (Å²) in [4.78, 5) is 62.2. The molecule has 3 amide bonds. The maximum absolute atomic E-state index is 12.9. The van der Waals surface area contributed by atoms with Gasteiger partial charge in [-0.2, -0.15) is 0 Å². The highest BCUT2D eigenvalue weighted by Gasteiger charge is 2.34. The third-order valence-electron chi connectivity index (χ3n) is 6.01. The van der Waals surface area contributed by atoms with E-state index in [-0.39, 0.29) is 29.4 Å². The summed E-state index contributed by atoms with van der Waals surface area (Å²) in [5.41, 5.74) is -1.00. The smallest absolute Gasteiger partial charge is 0.277 e. The van der Waals surface area contributed by atoms with Crippen LogP contribution in [0.5, 0.6) is 5.75 Å². The molecule has 0 radical (unpaired) electrons. The van der Waals surface area contributed by atoms with E-state index < -0.39 is 39.1 Å². The highest BCUT2D eigenvalue weighted by atomic mass is 16.6. The molecule has 1 fully saturated rings. The number of hydrogen-bond acceptors (Lipinski definition) is 8. The largest absolute Gasteiger partial charge is 0.479 e. The van der Waals surface area contributed by atoms with Crippen LogP contribution in [0.25, 0.3) is 0 Å². The van der Waals surface area contributed by atoms with Crippen molar-refractivity contribution in [2.75, 3.05) is 29.9 Å². The molecule has 2 aliphatic rings. The summed E-state index contributed by atoms with van der Waals surface area (Å²) in [5.74, 6) is -1.08. The van der Waals surface area contributed by atoms with E-state index in [1.54, 1.807) is 11.8 Å². The van der Waals surface area contributed by atoms with Crippen LogP contribution < -0.4 is 15.0 Å². The van der Waals surface area contributed by atoms with Crippen LogP contribution in [-0.2, 0) is 9.59 Å². The number of nitro groups is 2. The predicted octanol–water partition coefficient (Wildman–Crippen LogP) is 2.88. The summed E-state index contributed by atoms with van der Waals surface area (Å²) in [7, 11) is 0. The number of nitrogens with zero attached hydrogens (tertiary/aromatic N) is 4. The number of anilines is 2. The minimum Gasteiger partial charge on any atom is -0.479 e. The lowest BCUT2D eigenvalue weighted by Gasteiger charge is -2.35. The molecule has 2 aromatic rings. The number of hydrogen-bond donors (Lipinski definition) is 1. The molecule has 2 aromatic carbocycles. The molecule has 188 valence electrons. The second kappa shape index (κ2) is 9.98. The Morgan fingerprint density at radius 1 is 1.03 bits per heavy atom. The molecule has 1 atom stereocenters. The van der Waals surface area contributed by atoms with E-state index in [4.69, 9.17) is 4.74 Å². The first-order chi connectivity index (χ1) is 17.1. The molecule has 36 heavy (non-hydrogen) atoms. The lowest BCUT2D eigenvalue weighted by Crippen LogP contribution is -2.50. The second-order valence-electron chi connectivity index (χ2n) is 8.51. The number of non-ortho nitro benzene ring substituents is 2. The van der Waals surface area contributed by atoms with Crippen LogP contribution in [-0.4, -0.2) is 58.2 Å². The van der Waals surface area contributed by atoms with Crippen molar-refractivity contribution < 1.29 is 29.0 Å². The van der Waals surface area contributed by atoms with Gasteiger partial charge in [0.2, 0.25) is 5.91 Å². The number of carbonyl (C=O) groups excluding carboxylic acids is 3. The molecule has 2 heterocycles. The molecule has 0 aromatic heterocycles. The molecule has 0 aliphatic carbocycles. The Morgan fingerprint density at radius 3 is 2.28 bits per heavy atom. The van der Waals surface area contributed by atoms with E-state index in [0.717, 1.165) is 37.5 Å². The molecule has 0 spiro atoms. The third-order valence-corrected chi connectivity index (χ3v) is 6.01. The van der Waals surface area contributed by atoms with Gasteiger partial charge in [-0.3, -0.25) is 39.5 Å². The summed E-state index contributed by atoms with van der Waals surface area (Å²) in [6, 6.07) is 7.10. The van der Waals surface area contributed by atoms with Crippen molar-refractivity contribution >= 4 is 40.5 Å². The van der Waals surface area contributed by atoms with E-state index in [1.807, 2.05) is 0 Å². The van der Waals surface area contributed by atoms with Crippen LogP contribution in [0.15, 0.2) is 36.4 Å². The monoisotopic (exact) mass is 497 g/mol. The summed E-state index contributed by atoms with van der Waals surface area (Å²) < 4.78 is 5.65. The lowest BCUT2D eigenvalue weighted by molar-refractivity contribution is -0.394. The molecule has 1 N–H and O–H groups in total. The van der Waals surface area contributed by atoms with Gasteiger partial charge in [0.15, 0.2) is 6.10 Å². The van der Waals surface area contributed by atoms with Gasteiger partial charge in [-0.15, -0.1) is 0 Å². The normalized spacial score (nSPS) is 17.1. The quantitative estimate of drug-likeness (QED) is 0.470. The van der Waals surface area contributed by atoms with Crippen molar-refractivity contribution in [3.05, 3.63) is 62.2 Å². The van der Waals surface area contributed by atoms with E-state index in [1.165, 1.54) is 23.1 Å². The van der Waals surface area contributed by atoms with Crippen molar-refractivity contribution in [3.8, 4) is 5.75 Å². The number of nitro benzene ring substituents is 2. The van der Waals surface area contributed by atoms with Crippen molar-refractivity contribution in [1.82, 2.24) is 4.90 Å². The summed E-state index contributed by atoms with van der Waals surface area (Å²) >= 11 is 0. The molecule has 1 unspecified atom stereocenters. The Kier molecular flexibility index (Phi) is 6.81. The van der Waals surface area contributed by atoms with Crippen LogP contribution in [0.1, 0.15) is 36.5 Å². The van der Waals surface area contributed by atoms with Gasteiger partial charge in [0.05, 0.1) is 27.2 Å². The number of nitrogens with one attached hydrogen (secondary N) is 1. The van der Waals surface area contributed by atoms with Gasteiger partial charge in [-0.05, 0) is 44.4 Å². The third kappa shape index (κ3) is 5.09. The maximum Gasteiger partial charge on any atom is 0.277 e. The number of benzene rings is 2. The van der Waals surface area contributed by atoms with Gasteiger partial charge in [0.1, 0.15) is 12.3 Å². The fourth-order valence-corrected chi connectivity index (χ4v) is 4.17. The van der Waals surface area contributed by atoms with Crippen LogP contribution in [0, 0.1) is 20.2 Å². The van der Waals surface area contributed by atoms with E-state index >= 15 is 0 Å². The molecule has 13 nitrogen and oxygen atoms in total. The molecule has 1 saturated heterocycles. The molecule has 13 heteroatoms. The number of piperidine rings is 1. The molecule has 2 aliphatic heterocycles. The first-order valence-electron chi connectivity index (χ1n) is 11.3. The standard InChI is InChI=1S/C23H23N5O8/c1-14-23(31)26(13-21(29)25-7-3-2-4-8-25)19-11-16(5-6-20(19)36-14)24-22(30)15-9-17(27(32)33)12-18(10-15)28(34)35/h5-6,9-12,14H,2-4,7-8,13H2,1H3,(H,24,30). The van der Waals surface area contributed by atoms with Crippen molar-refractivity contribution in [2.24, 2.45) is 0 Å². The molecular formula is C23H23N5O8. The Morgan fingerprint density at radius 2 is 1.67 bits per heavy atom. The van der Waals surface area contributed by atoms with Gasteiger partial charge in [0.25, 0.3) is 23.2 Å². The Labute approximate surface area is 204 Å². The average molecular weight is 497 g/mol. The van der Waals surface area contributed by atoms with Crippen molar-refractivity contribution in [3.63, 3.8) is 0 Å². The highest BCUT2D eigenvalue weighted by molar-refractivity contribution is 6.07. The number of amides is 3. The Bertz CT molecular complexity index is 1220. The number of fused-ring (bicyclic) bond motifs is 1. The average Bonchev–Trinajstić information content (AvgIpc) is 2.87. The fourth-order valence-electron chi connectivity index (χ4n) is 4.17. The number of carbonyl (C=O) groups is 3. The number of likely N-dealkylation sites (tertiary alicyclic amines) is 1. The van der Waals surface area contributed by atoms with Gasteiger partial charge >= 0.3 is 0 Å². The Balaban J connectivity index is 1.60. The second-order valence-corrected chi connectivity index (χ2v) is 8.51. The zero-order valence-electron chi connectivity index (χ0n) is 19.3. The summed E-state index contributed by atoms with van der Waals surface area (Å²) in [6.07, 6.45) is 2.05. The van der Waals surface area contributed by atoms with Gasteiger partial charge in [0, 0.05) is 30.9 Å². The van der Waals surface area contributed by atoms with Crippen LogP contribution >= 0.6 is 0 Å². The SMILES string of the molecule is CC1Oc2ccc(NC(=O)c3cc([N+](=O)[O-])cc([N+](=O)[O-])c3)cc2N(CC(=O)N2CCCCC2)C1=O. The van der Waals surface area contributed by atoms with Crippen LogP contribution in [0.2, 0.25) is 0 Å². The van der Waals surface area contributed by atoms with Crippen LogP contribution in [0.4, 0.5) is 22.7 Å². The summed E-state index contributed by atoms with van der Waals surface area (Å²) in [6.45, 7) is 2.65. The topological polar surface area (TPSA) is 165 Å². The minimum absolute atomic E-state index is 0.187. The fraction of sp³-hybridized carbons (Fsp3) is 0.348. The predicted molar refractivity (Wildman–Crippen MR) is 127 cm³/mol. The molecule has 4 rings (SSSR count). The first-order valence-corrected chi connectivity index (χ1v) is 11.3. The van der Waals surface area contributed by atoms with Gasteiger partial charge in [-0.25, -0.2) is 0 Å². The van der Waals surface area contributed by atoms with Crippen molar-refractivity contribution in [2.45, 2.75) is 32.3 Å². The van der Waals surface area contributed by atoms with Gasteiger partial charge in [-0.1, -0.05) is 0 Å². The molecule has 0 bridgehead atoms. The number of rotatable bonds is 6. The summed E-state index contributed by atoms with van der Waals surface area (Å²) in [5, 5.41) is 24.8. The highest BCUT2D eigenvalue weighted by Crippen LogP contribution is 2.36. The molecule has 0 saturated carbocycles. The first kappa shape index (κ1) is 24.6. The minimum atomic E-state index is -0.829. The molecular weight excluding hydrogens is 474 g/mol. The zero-order valence-corrected chi connectivity index (χ0v) is 19.3. The van der Waals surface area contributed by atoms with Gasteiger partial charge < -0.3 is 15.0 Å². The zero-order chi connectivity index (χ0) is 26.0. The Hall–Kier alpha value is -4.55. The van der Waals surface area contributed by atoms with E-state index in [9.17, 15) is 34.6 Å². The lowest BCUT2D eigenvalue weighted by atomic mass is 10.1. The maximum atomic E-state index is 12.9. The van der Waals surface area contributed by atoms with Crippen molar-refractivity contribution in [1.29, 1.82) is 0 Å².